The van der Waals surface area contributed by atoms with Crippen LogP contribution in [0.1, 0.15) is 49.9 Å². The summed E-state index contributed by atoms with van der Waals surface area (Å²) in [6.07, 6.45) is 0.784. The summed E-state index contributed by atoms with van der Waals surface area (Å²) in [5, 5.41) is 3.11. The Kier molecular flexibility index (Phi) is 2.75. The minimum atomic E-state index is -0.560. The number of fused-ring (bicyclic) bond motifs is 4. The first-order valence-corrected chi connectivity index (χ1v) is 7.22. The smallest absolute Gasteiger partial charge is 0.321 e. The monoisotopic (exact) mass is 274 g/mol. The third-order valence-electron chi connectivity index (χ3n) is 4.46. The second-order valence-electron chi connectivity index (χ2n) is 6.42. The van der Waals surface area contributed by atoms with Crippen molar-refractivity contribution in [1.29, 1.82) is 0 Å². The summed E-state index contributed by atoms with van der Waals surface area (Å²) in [6.45, 7) is 10.2. The molecule has 1 saturated heterocycles. The van der Waals surface area contributed by atoms with Crippen molar-refractivity contribution < 1.29 is 9.53 Å². The van der Waals surface area contributed by atoms with Crippen LogP contribution in [0.5, 0.6) is 5.75 Å². The maximum atomic E-state index is 12.4. The molecule has 0 aliphatic carbocycles. The van der Waals surface area contributed by atoms with E-state index in [0.29, 0.717) is 0 Å². The Morgan fingerprint density at radius 1 is 1.35 bits per heavy atom. The average Bonchev–Trinajstić information content (AvgIpc) is 2.30. The van der Waals surface area contributed by atoms with E-state index in [4.69, 9.17) is 4.74 Å². The maximum absolute atomic E-state index is 12.4. The van der Waals surface area contributed by atoms with Crippen LogP contribution >= 0.6 is 0 Å². The molecule has 2 amide bonds. The number of nitrogens with zero attached hydrogens (tertiary/aromatic N) is 1. The van der Waals surface area contributed by atoms with E-state index < -0.39 is 5.72 Å². The van der Waals surface area contributed by atoms with Crippen molar-refractivity contribution in [3.8, 4) is 5.75 Å². The second kappa shape index (κ2) is 4.14. The van der Waals surface area contributed by atoms with Crippen LogP contribution in [0.3, 0.4) is 0 Å². The van der Waals surface area contributed by atoms with Crippen molar-refractivity contribution in [3.63, 3.8) is 0 Å². The zero-order valence-corrected chi connectivity index (χ0v) is 12.8. The lowest BCUT2D eigenvalue weighted by molar-refractivity contribution is -0.0963. The molecule has 0 radical (unpaired) electrons. The fourth-order valence-corrected chi connectivity index (χ4v) is 3.43. The van der Waals surface area contributed by atoms with E-state index in [-0.39, 0.29) is 18.1 Å². The molecule has 2 heterocycles. The highest BCUT2D eigenvalue weighted by atomic mass is 16.5. The number of benzene rings is 1. The molecule has 2 atom stereocenters. The Hall–Kier alpha value is -1.71. The molecule has 1 aromatic carbocycles. The number of urea groups is 1. The van der Waals surface area contributed by atoms with Gasteiger partial charge in [0.15, 0.2) is 5.72 Å². The Morgan fingerprint density at radius 2 is 2.00 bits per heavy atom. The minimum absolute atomic E-state index is 0.0392. The molecular formula is C16H22N2O2. The normalized spacial score (nSPS) is 28.0. The van der Waals surface area contributed by atoms with Gasteiger partial charge >= 0.3 is 6.03 Å². The third kappa shape index (κ3) is 1.78. The van der Waals surface area contributed by atoms with Gasteiger partial charge in [-0.05, 0) is 51.8 Å². The highest BCUT2D eigenvalue weighted by Crippen LogP contribution is 2.45. The quantitative estimate of drug-likeness (QED) is 0.854. The van der Waals surface area contributed by atoms with Crippen LogP contribution in [0.25, 0.3) is 0 Å². The zero-order valence-electron chi connectivity index (χ0n) is 12.8. The molecule has 108 valence electrons. The fraction of sp³-hybridized carbons (Fsp3) is 0.562. The number of rotatable bonds is 1. The molecular weight excluding hydrogens is 252 g/mol. The second-order valence-corrected chi connectivity index (χ2v) is 6.42. The third-order valence-corrected chi connectivity index (χ3v) is 4.46. The van der Waals surface area contributed by atoms with Gasteiger partial charge in [-0.15, -0.1) is 0 Å². The highest BCUT2D eigenvalue weighted by Gasteiger charge is 2.49. The van der Waals surface area contributed by atoms with Crippen LogP contribution < -0.4 is 10.1 Å². The van der Waals surface area contributed by atoms with Gasteiger partial charge in [0.05, 0.1) is 6.04 Å². The molecule has 4 nitrogen and oxygen atoms in total. The van der Waals surface area contributed by atoms with Gasteiger partial charge < -0.3 is 10.1 Å². The molecule has 2 aliphatic heterocycles. The number of amides is 2. The molecule has 20 heavy (non-hydrogen) atoms. The van der Waals surface area contributed by atoms with Gasteiger partial charge in [0.25, 0.3) is 0 Å². The van der Waals surface area contributed by atoms with Crippen molar-refractivity contribution in [1.82, 2.24) is 10.2 Å². The van der Waals surface area contributed by atoms with Gasteiger partial charge in [0, 0.05) is 18.0 Å². The number of aryl methyl sites for hydroxylation is 2. The number of carbonyl (C=O) groups is 1. The van der Waals surface area contributed by atoms with Crippen molar-refractivity contribution in [2.24, 2.45) is 0 Å². The maximum Gasteiger partial charge on any atom is 0.321 e. The first-order valence-electron chi connectivity index (χ1n) is 7.22. The standard InChI is InChI=1S/C16H22N2O2/c1-9(2)18-15(19)17-13-8-16(18,5)20-14-7-11(4)10(3)6-12(13)14/h6-7,9,13H,8H2,1-5H3,(H,17,19). The SMILES string of the molecule is Cc1cc2c(cc1C)C1CC(C)(O2)N(C(C)C)C(=O)N1. The van der Waals surface area contributed by atoms with Gasteiger partial charge in [-0.3, -0.25) is 4.90 Å². The first kappa shape index (κ1) is 13.3. The topological polar surface area (TPSA) is 41.6 Å². The van der Waals surface area contributed by atoms with E-state index in [1.165, 1.54) is 11.1 Å². The molecule has 0 aromatic heterocycles. The van der Waals surface area contributed by atoms with E-state index in [1.54, 1.807) is 0 Å². The number of ether oxygens (including phenoxy) is 1. The van der Waals surface area contributed by atoms with Crippen LogP contribution in [0.2, 0.25) is 0 Å². The average molecular weight is 274 g/mol. The molecule has 0 saturated carbocycles. The van der Waals surface area contributed by atoms with Gasteiger partial charge in [-0.25, -0.2) is 4.79 Å². The Labute approximate surface area is 120 Å². The number of carbonyl (C=O) groups excluding carboxylic acids is 1. The van der Waals surface area contributed by atoms with E-state index in [1.807, 2.05) is 25.7 Å². The molecule has 1 N–H and O–H groups in total. The number of hydrogen-bond donors (Lipinski definition) is 1. The molecule has 3 rings (SSSR count). The van der Waals surface area contributed by atoms with Crippen molar-refractivity contribution in [2.75, 3.05) is 0 Å². The lowest BCUT2D eigenvalue weighted by Gasteiger charge is -2.52. The van der Waals surface area contributed by atoms with Crippen molar-refractivity contribution in [3.05, 3.63) is 28.8 Å². The molecule has 2 bridgehead atoms. The molecule has 2 aliphatic rings. The first-order chi connectivity index (χ1) is 9.32. The predicted octanol–water partition coefficient (Wildman–Crippen LogP) is 3.28. The van der Waals surface area contributed by atoms with Gasteiger partial charge in [-0.2, -0.15) is 0 Å². The van der Waals surface area contributed by atoms with Gasteiger partial charge in [-0.1, -0.05) is 6.07 Å². The molecule has 2 unspecified atom stereocenters. The fourth-order valence-electron chi connectivity index (χ4n) is 3.43. The molecule has 1 fully saturated rings. The highest BCUT2D eigenvalue weighted by molar-refractivity contribution is 5.77. The van der Waals surface area contributed by atoms with Gasteiger partial charge in [0.2, 0.25) is 0 Å². The van der Waals surface area contributed by atoms with Crippen molar-refractivity contribution >= 4 is 6.03 Å². The zero-order chi connectivity index (χ0) is 14.7. The van der Waals surface area contributed by atoms with Crippen LogP contribution in [0.15, 0.2) is 12.1 Å². The van der Waals surface area contributed by atoms with Crippen LogP contribution in [-0.4, -0.2) is 22.7 Å². The lowest BCUT2D eigenvalue weighted by Crippen LogP contribution is -2.66. The summed E-state index contributed by atoms with van der Waals surface area (Å²) in [5.74, 6) is 0.900. The van der Waals surface area contributed by atoms with E-state index in [0.717, 1.165) is 17.7 Å². The van der Waals surface area contributed by atoms with E-state index in [9.17, 15) is 4.79 Å². The molecule has 4 heteroatoms. The van der Waals surface area contributed by atoms with Crippen LogP contribution in [0, 0.1) is 13.8 Å². The largest absolute Gasteiger partial charge is 0.468 e. The van der Waals surface area contributed by atoms with Gasteiger partial charge in [0.1, 0.15) is 5.75 Å². The summed E-state index contributed by atoms with van der Waals surface area (Å²) in [4.78, 5) is 14.2. The summed E-state index contributed by atoms with van der Waals surface area (Å²) in [6, 6.07) is 4.34. The lowest BCUT2D eigenvalue weighted by atomic mass is 9.88. The summed E-state index contributed by atoms with van der Waals surface area (Å²) >= 11 is 0. The van der Waals surface area contributed by atoms with E-state index in [2.05, 4.69) is 31.3 Å². The van der Waals surface area contributed by atoms with Crippen LogP contribution in [0.4, 0.5) is 4.79 Å². The van der Waals surface area contributed by atoms with Crippen LogP contribution in [-0.2, 0) is 0 Å². The van der Waals surface area contributed by atoms with E-state index >= 15 is 0 Å². The Balaban J connectivity index is 2.10. The number of nitrogens with one attached hydrogen (secondary N) is 1. The number of hydrogen-bond acceptors (Lipinski definition) is 2. The Bertz CT molecular complexity index is 582. The summed E-state index contributed by atoms with van der Waals surface area (Å²) < 4.78 is 6.24. The Morgan fingerprint density at radius 3 is 2.65 bits per heavy atom. The minimum Gasteiger partial charge on any atom is -0.468 e. The van der Waals surface area contributed by atoms with Crippen molar-refractivity contribution in [2.45, 2.75) is 58.8 Å². The molecule has 0 spiro atoms. The summed E-state index contributed by atoms with van der Waals surface area (Å²) in [7, 11) is 0. The molecule has 1 aromatic rings. The predicted molar refractivity (Wildman–Crippen MR) is 77.8 cm³/mol. The summed E-state index contributed by atoms with van der Waals surface area (Å²) in [5.41, 5.74) is 2.99.